The first-order valence-corrected chi connectivity index (χ1v) is 9.26. The van der Waals surface area contributed by atoms with Gasteiger partial charge in [-0.05, 0) is 38.6 Å². The summed E-state index contributed by atoms with van der Waals surface area (Å²) in [7, 11) is -0.993. The summed E-state index contributed by atoms with van der Waals surface area (Å²) >= 11 is 0. The molecule has 0 radical (unpaired) electrons. The number of unbranched alkanes of at least 4 members (excludes halogenated alkanes) is 2. The van der Waals surface area contributed by atoms with Crippen LogP contribution < -0.4 is 14.8 Å². The Labute approximate surface area is 138 Å². The SMILES string of the molecule is CCCCCC(C)NC(=O)c1ccc(OC)c(S(=O)(=O)NC)c1. The number of benzene rings is 1. The quantitative estimate of drug-likeness (QED) is 0.675. The molecule has 1 aromatic carbocycles. The molecule has 1 rings (SSSR count). The highest BCUT2D eigenvalue weighted by Crippen LogP contribution is 2.24. The molecule has 0 aromatic heterocycles. The van der Waals surface area contributed by atoms with Crippen LogP contribution in [0.25, 0.3) is 0 Å². The number of methoxy groups -OCH3 is 1. The summed E-state index contributed by atoms with van der Waals surface area (Å²) in [5.74, 6) is -0.0869. The minimum Gasteiger partial charge on any atom is -0.495 e. The van der Waals surface area contributed by atoms with Crippen LogP contribution in [0.5, 0.6) is 5.75 Å². The predicted octanol–water partition coefficient (Wildman–Crippen LogP) is 2.30. The summed E-state index contributed by atoms with van der Waals surface area (Å²) in [4.78, 5) is 12.2. The lowest BCUT2D eigenvalue weighted by atomic mass is 10.1. The van der Waals surface area contributed by atoms with Crippen molar-refractivity contribution in [3.63, 3.8) is 0 Å². The predicted molar refractivity (Wildman–Crippen MR) is 90.3 cm³/mol. The molecule has 1 unspecified atom stereocenters. The lowest BCUT2D eigenvalue weighted by Crippen LogP contribution is -2.32. The number of amides is 1. The van der Waals surface area contributed by atoms with Crippen molar-refractivity contribution < 1.29 is 17.9 Å². The number of carbonyl (C=O) groups excluding carboxylic acids is 1. The van der Waals surface area contributed by atoms with E-state index in [4.69, 9.17) is 4.74 Å². The summed E-state index contributed by atoms with van der Waals surface area (Å²) in [6, 6.07) is 4.42. The highest BCUT2D eigenvalue weighted by Gasteiger charge is 2.20. The van der Waals surface area contributed by atoms with E-state index in [-0.39, 0.29) is 22.6 Å². The zero-order valence-corrected chi connectivity index (χ0v) is 15.0. The Morgan fingerprint density at radius 1 is 1.30 bits per heavy atom. The smallest absolute Gasteiger partial charge is 0.251 e. The molecule has 0 aliphatic rings. The van der Waals surface area contributed by atoms with Crippen LogP contribution in [0.1, 0.15) is 49.9 Å². The van der Waals surface area contributed by atoms with Crippen molar-refractivity contribution in [2.75, 3.05) is 14.2 Å². The molecule has 0 bridgehead atoms. The Kier molecular flexibility index (Phi) is 7.51. The van der Waals surface area contributed by atoms with E-state index >= 15 is 0 Å². The van der Waals surface area contributed by atoms with Gasteiger partial charge in [-0.3, -0.25) is 4.79 Å². The van der Waals surface area contributed by atoms with E-state index in [2.05, 4.69) is 17.0 Å². The normalized spacial score (nSPS) is 12.7. The van der Waals surface area contributed by atoms with Gasteiger partial charge < -0.3 is 10.1 Å². The number of hydrogen-bond donors (Lipinski definition) is 2. The Morgan fingerprint density at radius 3 is 2.57 bits per heavy atom. The second-order valence-corrected chi connectivity index (χ2v) is 7.30. The van der Waals surface area contributed by atoms with Gasteiger partial charge in [0.2, 0.25) is 10.0 Å². The van der Waals surface area contributed by atoms with Crippen LogP contribution in [-0.2, 0) is 10.0 Å². The molecule has 2 N–H and O–H groups in total. The van der Waals surface area contributed by atoms with Gasteiger partial charge in [0.15, 0.2) is 0 Å². The van der Waals surface area contributed by atoms with Gasteiger partial charge in [0.25, 0.3) is 5.91 Å². The second kappa shape index (κ2) is 8.88. The fourth-order valence-electron chi connectivity index (χ4n) is 2.22. The second-order valence-electron chi connectivity index (χ2n) is 5.44. The summed E-state index contributed by atoms with van der Waals surface area (Å²) in [6.45, 7) is 4.08. The highest BCUT2D eigenvalue weighted by molar-refractivity contribution is 7.89. The maximum atomic E-state index is 12.3. The van der Waals surface area contributed by atoms with E-state index < -0.39 is 10.0 Å². The number of hydrogen-bond acceptors (Lipinski definition) is 4. The Bertz CT molecular complexity index is 629. The van der Waals surface area contributed by atoms with Gasteiger partial charge in [-0.2, -0.15) is 0 Å². The molecule has 0 aliphatic heterocycles. The fourth-order valence-corrected chi connectivity index (χ4v) is 3.14. The molecule has 0 spiro atoms. The third kappa shape index (κ3) is 5.51. The van der Waals surface area contributed by atoms with E-state index in [9.17, 15) is 13.2 Å². The number of carbonyl (C=O) groups is 1. The van der Waals surface area contributed by atoms with Gasteiger partial charge in [0.1, 0.15) is 10.6 Å². The molecule has 6 nitrogen and oxygen atoms in total. The van der Waals surface area contributed by atoms with Gasteiger partial charge in [0.05, 0.1) is 7.11 Å². The van der Waals surface area contributed by atoms with Crippen LogP contribution in [0.15, 0.2) is 23.1 Å². The number of rotatable bonds is 9. The van der Waals surface area contributed by atoms with Crippen molar-refractivity contribution in [1.82, 2.24) is 10.0 Å². The van der Waals surface area contributed by atoms with Crippen molar-refractivity contribution in [2.45, 2.75) is 50.5 Å². The molecule has 0 heterocycles. The molecule has 0 fully saturated rings. The molecule has 0 saturated heterocycles. The van der Waals surface area contributed by atoms with Crippen molar-refractivity contribution in [2.24, 2.45) is 0 Å². The van der Waals surface area contributed by atoms with Crippen LogP contribution in [0, 0.1) is 0 Å². The molecular weight excluding hydrogens is 316 g/mol. The third-order valence-corrected chi connectivity index (χ3v) is 5.04. The van der Waals surface area contributed by atoms with Crippen LogP contribution >= 0.6 is 0 Å². The minimum atomic E-state index is -3.70. The van der Waals surface area contributed by atoms with Gasteiger partial charge in [-0.15, -0.1) is 0 Å². The van der Waals surface area contributed by atoms with Crippen molar-refractivity contribution in [1.29, 1.82) is 0 Å². The molecular formula is C16H26N2O4S. The van der Waals surface area contributed by atoms with Crippen molar-refractivity contribution in [3.05, 3.63) is 23.8 Å². The average molecular weight is 342 g/mol. The molecule has 130 valence electrons. The zero-order valence-electron chi connectivity index (χ0n) is 14.2. The Hall–Kier alpha value is -1.60. The summed E-state index contributed by atoms with van der Waals surface area (Å²) in [5.41, 5.74) is 0.293. The zero-order chi connectivity index (χ0) is 17.5. The molecule has 1 atom stereocenters. The van der Waals surface area contributed by atoms with Crippen molar-refractivity contribution in [3.8, 4) is 5.75 Å². The summed E-state index contributed by atoms with van der Waals surface area (Å²) < 4.78 is 31.4. The van der Waals surface area contributed by atoms with Crippen LogP contribution in [0.3, 0.4) is 0 Å². The molecule has 0 saturated carbocycles. The van der Waals surface area contributed by atoms with E-state index in [1.165, 1.54) is 26.3 Å². The van der Waals surface area contributed by atoms with E-state index in [1.807, 2.05) is 6.92 Å². The molecule has 1 aromatic rings. The first-order chi connectivity index (χ1) is 10.9. The molecule has 0 aliphatic carbocycles. The number of ether oxygens (including phenoxy) is 1. The van der Waals surface area contributed by atoms with E-state index in [0.29, 0.717) is 5.56 Å². The van der Waals surface area contributed by atoms with Gasteiger partial charge in [0, 0.05) is 11.6 Å². The Morgan fingerprint density at radius 2 is 2.00 bits per heavy atom. The molecule has 1 amide bonds. The average Bonchev–Trinajstić information content (AvgIpc) is 2.54. The van der Waals surface area contributed by atoms with E-state index in [1.54, 1.807) is 6.07 Å². The van der Waals surface area contributed by atoms with Gasteiger partial charge in [-0.25, -0.2) is 13.1 Å². The minimum absolute atomic E-state index is 0.0421. The maximum absolute atomic E-state index is 12.3. The van der Waals surface area contributed by atoms with Crippen LogP contribution in [0.2, 0.25) is 0 Å². The fraction of sp³-hybridized carbons (Fsp3) is 0.562. The number of nitrogens with one attached hydrogen (secondary N) is 2. The number of sulfonamides is 1. The summed E-state index contributed by atoms with van der Waals surface area (Å²) in [5, 5.41) is 2.89. The first kappa shape index (κ1) is 19.4. The monoisotopic (exact) mass is 342 g/mol. The van der Waals surface area contributed by atoms with Crippen LogP contribution in [0.4, 0.5) is 0 Å². The maximum Gasteiger partial charge on any atom is 0.251 e. The molecule has 23 heavy (non-hydrogen) atoms. The summed E-state index contributed by atoms with van der Waals surface area (Å²) in [6.07, 6.45) is 4.22. The standard InChI is InChI=1S/C16H26N2O4S/c1-5-6-7-8-12(2)18-16(19)13-9-10-14(22-4)15(11-13)23(20,21)17-3/h9-12,17H,5-8H2,1-4H3,(H,18,19). The third-order valence-electron chi connectivity index (χ3n) is 3.60. The molecule has 7 heteroatoms. The van der Waals surface area contributed by atoms with Crippen molar-refractivity contribution >= 4 is 15.9 Å². The lowest BCUT2D eigenvalue weighted by Gasteiger charge is -2.15. The lowest BCUT2D eigenvalue weighted by molar-refractivity contribution is 0.0937. The highest BCUT2D eigenvalue weighted by atomic mass is 32.2. The van der Waals surface area contributed by atoms with Gasteiger partial charge in [-0.1, -0.05) is 26.2 Å². The van der Waals surface area contributed by atoms with Crippen LogP contribution in [-0.4, -0.2) is 34.5 Å². The van der Waals surface area contributed by atoms with E-state index in [0.717, 1.165) is 25.7 Å². The first-order valence-electron chi connectivity index (χ1n) is 7.78. The van der Waals surface area contributed by atoms with Gasteiger partial charge >= 0.3 is 0 Å². The topological polar surface area (TPSA) is 84.5 Å². The Balaban J connectivity index is 2.92. The largest absolute Gasteiger partial charge is 0.495 e.